The summed E-state index contributed by atoms with van der Waals surface area (Å²) in [7, 11) is 0. The Bertz CT molecular complexity index is 2070. The van der Waals surface area contributed by atoms with E-state index in [1.54, 1.807) is 18.2 Å². The highest BCUT2D eigenvalue weighted by Gasteiger charge is 2.49. The van der Waals surface area contributed by atoms with Crippen molar-refractivity contribution in [3.05, 3.63) is 59.2 Å². The Kier molecular flexibility index (Phi) is 12.8. The minimum absolute atomic E-state index is 0.0181. The van der Waals surface area contributed by atoms with Gasteiger partial charge in [0.2, 0.25) is 29.5 Å². The Morgan fingerprint density at radius 3 is 2.38 bits per heavy atom. The normalized spacial score (nSPS) is 28.8. The molecule has 0 aliphatic carbocycles. The summed E-state index contributed by atoms with van der Waals surface area (Å²) in [5, 5.41) is 21.3. The summed E-state index contributed by atoms with van der Waals surface area (Å²) in [6.07, 6.45) is -0.956. The minimum Gasteiger partial charge on any atom is -0.493 e. The first-order valence-corrected chi connectivity index (χ1v) is 20.7. The molecule has 5 heterocycles. The van der Waals surface area contributed by atoms with Crippen LogP contribution in [0.2, 0.25) is 0 Å². The van der Waals surface area contributed by atoms with Crippen LogP contribution in [0.5, 0.6) is 5.75 Å². The molecule has 2 aromatic carbocycles. The molecule has 7 amide bonds. The van der Waals surface area contributed by atoms with Crippen LogP contribution in [0.3, 0.4) is 0 Å². The van der Waals surface area contributed by atoms with E-state index in [-0.39, 0.29) is 50.4 Å². The van der Waals surface area contributed by atoms with Gasteiger partial charge in [-0.2, -0.15) is 0 Å². The number of carbonyl (C=O) groups is 7. The third-order valence-electron chi connectivity index (χ3n) is 12.0. The highest BCUT2D eigenvalue weighted by molar-refractivity contribution is 5.99. The third kappa shape index (κ3) is 9.55. The Morgan fingerprint density at radius 2 is 1.62 bits per heavy atom. The van der Waals surface area contributed by atoms with E-state index in [0.29, 0.717) is 43.4 Å². The van der Waals surface area contributed by atoms with Gasteiger partial charge in [-0.05, 0) is 74.8 Å². The fraction of sp³-hybridized carbons (Fsp3) is 0.548. The lowest BCUT2D eigenvalue weighted by Gasteiger charge is -2.39. The molecule has 4 saturated heterocycles. The second-order valence-corrected chi connectivity index (χ2v) is 16.7. The van der Waals surface area contributed by atoms with Gasteiger partial charge >= 0.3 is 12.0 Å². The quantitative estimate of drug-likeness (QED) is 0.262. The van der Waals surface area contributed by atoms with Gasteiger partial charge in [0.1, 0.15) is 59.7 Å². The van der Waals surface area contributed by atoms with Gasteiger partial charge in [-0.15, -0.1) is 0 Å². The fourth-order valence-electron chi connectivity index (χ4n) is 8.97. The van der Waals surface area contributed by atoms with Crippen LogP contribution in [-0.4, -0.2) is 136 Å². The lowest BCUT2D eigenvalue weighted by atomic mass is 9.98. The Labute approximate surface area is 350 Å². The number of anilines is 1. The van der Waals surface area contributed by atoms with Gasteiger partial charge in [0.25, 0.3) is 0 Å². The molecule has 5 aliphatic heterocycles. The SMILES string of the molecule is C[C@@H]1C[C@H]2C(=O)O[C@@H](C)[C@H](NC(=O)[C@H](Cc3cc(F)cc(F)c3)NC(=O)Nc3ccc4c(c3)OCC4)C(=O)N3C[C@H](O)C[C@H]3C(=O)N3CCCC[C@H]3C(=O)N[C@@H](C)C(=O)N2C1. The lowest BCUT2D eigenvalue weighted by Crippen LogP contribution is -2.63. The average Bonchev–Trinajstić information content (AvgIpc) is 3.96. The van der Waals surface area contributed by atoms with E-state index in [1.165, 1.54) is 23.6 Å². The van der Waals surface area contributed by atoms with Crippen LogP contribution in [0, 0.1) is 17.6 Å². The molecule has 0 aromatic heterocycles. The van der Waals surface area contributed by atoms with Gasteiger partial charge in [-0.1, -0.05) is 13.0 Å². The molecule has 9 atom stereocenters. The number of esters is 1. The topological polar surface area (TPSA) is 216 Å². The lowest BCUT2D eigenvalue weighted by molar-refractivity contribution is -0.163. The molecule has 61 heavy (non-hydrogen) atoms. The maximum absolute atomic E-state index is 14.8. The maximum Gasteiger partial charge on any atom is 0.329 e. The first-order chi connectivity index (χ1) is 29.1. The second-order valence-electron chi connectivity index (χ2n) is 16.7. The van der Waals surface area contributed by atoms with Crippen molar-refractivity contribution in [2.24, 2.45) is 5.92 Å². The number of rotatable bonds is 6. The van der Waals surface area contributed by atoms with E-state index < -0.39 is 108 Å². The Balaban J connectivity index is 1.22. The van der Waals surface area contributed by atoms with Crippen LogP contribution in [0.15, 0.2) is 36.4 Å². The zero-order valence-electron chi connectivity index (χ0n) is 34.2. The summed E-state index contributed by atoms with van der Waals surface area (Å²) in [6.45, 7) is 5.14. The molecule has 19 heteroatoms. The molecule has 0 saturated carbocycles. The largest absolute Gasteiger partial charge is 0.493 e. The molecule has 0 bridgehead atoms. The van der Waals surface area contributed by atoms with Gasteiger partial charge in [-0.25, -0.2) is 18.4 Å². The summed E-state index contributed by atoms with van der Waals surface area (Å²) >= 11 is 0. The number of hydrogen-bond acceptors (Lipinski definition) is 10. The van der Waals surface area contributed by atoms with E-state index in [4.69, 9.17) is 9.47 Å². The number of nitrogens with zero attached hydrogens (tertiary/aromatic N) is 3. The van der Waals surface area contributed by atoms with Crippen LogP contribution in [0.4, 0.5) is 19.3 Å². The first kappa shape index (κ1) is 43.2. The number of aliphatic hydroxyl groups is 1. The molecule has 2 aromatic rings. The molecule has 7 rings (SSSR count). The van der Waals surface area contributed by atoms with E-state index in [0.717, 1.165) is 22.6 Å². The molecule has 4 fully saturated rings. The predicted molar refractivity (Wildman–Crippen MR) is 211 cm³/mol. The van der Waals surface area contributed by atoms with Crippen molar-refractivity contribution in [3.63, 3.8) is 0 Å². The first-order valence-electron chi connectivity index (χ1n) is 20.7. The minimum atomic E-state index is -1.75. The molecule has 5 N–H and O–H groups in total. The van der Waals surface area contributed by atoms with Gasteiger partial charge in [0.15, 0.2) is 0 Å². The van der Waals surface area contributed by atoms with E-state index in [9.17, 15) is 47.4 Å². The average molecular weight is 852 g/mol. The van der Waals surface area contributed by atoms with Crippen molar-refractivity contribution in [1.29, 1.82) is 0 Å². The summed E-state index contributed by atoms with van der Waals surface area (Å²) in [6, 6.07) is -1.06. The highest BCUT2D eigenvalue weighted by Crippen LogP contribution is 2.30. The van der Waals surface area contributed by atoms with Crippen LogP contribution in [-0.2, 0) is 46.3 Å². The number of carbonyl (C=O) groups excluding carboxylic acids is 7. The summed E-state index contributed by atoms with van der Waals surface area (Å²) in [5.74, 6) is -6.04. The van der Waals surface area contributed by atoms with Crippen molar-refractivity contribution < 1.29 is 56.9 Å². The number of aliphatic hydroxyl groups excluding tert-OH is 1. The smallest absolute Gasteiger partial charge is 0.329 e. The molecule has 17 nitrogen and oxygen atoms in total. The van der Waals surface area contributed by atoms with E-state index in [2.05, 4.69) is 21.3 Å². The summed E-state index contributed by atoms with van der Waals surface area (Å²) in [4.78, 5) is 102. The number of ether oxygens (including phenoxy) is 2. The van der Waals surface area contributed by atoms with Gasteiger partial charge in [-0.3, -0.25) is 24.0 Å². The highest BCUT2D eigenvalue weighted by atomic mass is 19.1. The van der Waals surface area contributed by atoms with Crippen LogP contribution >= 0.6 is 0 Å². The molecule has 0 spiro atoms. The summed E-state index contributed by atoms with van der Waals surface area (Å²) in [5.41, 5.74) is 1.25. The van der Waals surface area contributed by atoms with Gasteiger partial charge < -0.3 is 50.5 Å². The van der Waals surface area contributed by atoms with Crippen molar-refractivity contribution in [3.8, 4) is 5.75 Å². The number of halogens is 2. The standard InChI is InChI=1S/C42H51F2N7O10/c1-21-12-33-41(58)61-23(3)35(40(57)51-20-29(52)18-32(51)39(56)49-10-5-4-6-31(49)37(54)45-22(2)38(55)50(33)19-21)48-36(53)30(15-24-13-26(43)16-27(44)14-24)47-42(59)46-28-8-7-25-9-11-60-34(25)17-28/h7-8,13-14,16-17,21-23,29-33,35,52H,4-6,9-12,15,18-20H2,1-3H3,(H,45,54)(H,48,53)(H2,46,47,59)/t21-,22+,23+,29-,30+,31+,32+,33+,35+/m1/s1. The number of piperidine rings is 1. The van der Waals surface area contributed by atoms with Crippen LogP contribution < -0.4 is 26.0 Å². The number of fused-ring (bicyclic) bond motifs is 4. The molecule has 5 aliphatic rings. The zero-order chi connectivity index (χ0) is 43.7. The molecule has 328 valence electrons. The van der Waals surface area contributed by atoms with Crippen molar-refractivity contribution in [1.82, 2.24) is 30.7 Å². The molecular weight excluding hydrogens is 800 g/mol. The fourth-order valence-corrected chi connectivity index (χ4v) is 8.97. The number of hydrogen-bond donors (Lipinski definition) is 5. The number of urea groups is 1. The van der Waals surface area contributed by atoms with Gasteiger partial charge in [0.05, 0.1) is 12.7 Å². The number of amides is 7. The van der Waals surface area contributed by atoms with Crippen LogP contribution in [0.25, 0.3) is 0 Å². The second kappa shape index (κ2) is 18.0. The van der Waals surface area contributed by atoms with Gasteiger partial charge in [0, 0.05) is 56.7 Å². The third-order valence-corrected chi connectivity index (χ3v) is 12.0. The predicted octanol–water partition coefficient (Wildman–Crippen LogP) is 1.15. The Morgan fingerprint density at radius 1 is 0.885 bits per heavy atom. The van der Waals surface area contributed by atoms with Crippen molar-refractivity contribution >= 4 is 47.2 Å². The molecular formula is C42H51F2N7O10. The zero-order valence-corrected chi connectivity index (χ0v) is 34.2. The van der Waals surface area contributed by atoms with E-state index in [1.807, 2.05) is 6.92 Å². The van der Waals surface area contributed by atoms with Crippen molar-refractivity contribution in [2.45, 2.75) is 114 Å². The molecule has 0 unspecified atom stereocenters. The van der Waals surface area contributed by atoms with Crippen LogP contribution in [0.1, 0.15) is 64.0 Å². The number of nitrogens with one attached hydrogen (secondary N) is 4. The summed E-state index contributed by atoms with van der Waals surface area (Å²) < 4.78 is 40.2. The molecule has 0 radical (unpaired) electrons. The maximum atomic E-state index is 14.8. The monoisotopic (exact) mass is 851 g/mol. The number of cyclic esters (lactones) is 1. The number of benzene rings is 2. The van der Waals surface area contributed by atoms with E-state index >= 15 is 0 Å². The Hall–Kier alpha value is -5.85. The van der Waals surface area contributed by atoms with Crippen molar-refractivity contribution in [2.75, 3.05) is 31.6 Å².